The standard InChI is InChI=1S/C49H33N3O/c1-30-12-11-25-50-49(30)39-27-33(32-21-24-48-41(26-32)38-16-6-10-20-47(38)53-48)28-46(31(39)2)52-44-19-9-5-15-37(44)40-29-34(22-23-45(40)52)51-42-17-7-3-13-35(42)36-14-4-8-18-43(36)51/h3-29H,1-2H3. The zero-order valence-electron chi connectivity index (χ0n) is 29.3. The molecular weight excluding hydrogens is 647 g/mol. The predicted molar refractivity (Wildman–Crippen MR) is 221 cm³/mol. The molecule has 0 saturated carbocycles. The summed E-state index contributed by atoms with van der Waals surface area (Å²) in [7, 11) is 0. The quantitative estimate of drug-likeness (QED) is 0.186. The Labute approximate surface area is 305 Å². The number of hydrogen-bond acceptors (Lipinski definition) is 2. The van der Waals surface area contributed by atoms with Crippen molar-refractivity contribution in [3.05, 3.63) is 175 Å². The van der Waals surface area contributed by atoms with Crippen LogP contribution in [0.4, 0.5) is 0 Å². The van der Waals surface area contributed by atoms with Gasteiger partial charge in [-0.25, -0.2) is 0 Å². The van der Waals surface area contributed by atoms with Gasteiger partial charge in [0.15, 0.2) is 0 Å². The second kappa shape index (κ2) is 11.3. The molecule has 4 aromatic heterocycles. The lowest BCUT2D eigenvalue weighted by molar-refractivity contribution is 0.669. The fourth-order valence-electron chi connectivity index (χ4n) is 8.58. The Hall–Kier alpha value is -6.91. The summed E-state index contributed by atoms with van der Waals surface area (Å²) < 4.78 is 11.1. The largest absolute Gasteiger partial charge is 0.456 e. The first-order valence-electron chi connectivity index (χ1n) is 18.1. The van der Waals surface area contributed by atoms with Gasteiger partial charge >= 0.3 is 0 Å². The van der Waals surface area contributed by atoms with Crippen LogP contribution in [-0.4, -0.2) is 14.1 Å². The van der Waals surface area contributed by atoms with Crippen molar-refractivity contribution in [2.45, 2.75) is 13.8 Å². The summed E-state index contributed by atoms with van der Waals surface area (Å²) >= 11 is 0. The lowest BCUT2D eigenvalue weighted by Gasteiger charge is -2.18. The van der Waals surface area contributed by atoms with Gasteiger partial charge in [0, 0.05) is 49.8 Å². The first-order chi connectivity index (χ1) is 26.1. The molecule has 0 fully saturated rings. The Balaban J connectivity index is 1.19. The first kappa shape index (κ1) is 29.8. The molecule has 0 bridgehead atoms. The molecule has 0 atom stereocenters. The van der Waals surface area contributed by atoms with Crippen LogP contribution in [0.5, 0.6) is 0 Å². The minimum absolute atomic E-state index is 0.893. The van der Waals surface area contributed by atoms with Crippen molar-refractivity contribution in [2.75, 3.05) is 0 Å². The number of pyridine rings is 1. The van der Waals surface area contributed by atoms with Gasteiger partial charge in [-0.2, -0.15) is 0 Å². The average molecular weight is 680 g/mol. The Bertz CT molecular complexity index is 3210. The number of fused-ring (bicyclic) bond motifs is 9. The molecule has 0 aliphatic rings. The highest BCUT2D eigenvalue weighted by Crippen LogP contribution is 2.41. The zero-order valence-corrected chi connectivity index (χ0v) is 29.3. The van der Waals surface area contributed by atoms with Gasteiger partial charge in [0.1, 0.15) is 11.2 Å². The van der Waals surface area contributed by atoms with Crippen LogP contribution in [0, 0.1) is 13.8 Å². The van der Waals surface area contributed by atoms with Crippen LogP contribution in [0.3, 0.4) is 0 Å². The van der Waals surface area contributed by atoms with Crippen molar-refractivity contribution in [1.29, 1.82) is 0 Å². The van der Waals surface area contributed by atoms with Crippen LogP contribution >= 0.6 is 0 Å². The average Bonchev–Trinajstić information content (AvgIpc) is 3.86. The minimum Gasteiger partial charge on any atom is -0.456 e. The van der Waals surface area contributed by atoms with Crippen molar-refractivity contribution in [3.63, 3.8) is 0 Å². The summed E-state index contributed by atoms with van der Waals surface area (Å²) in [6.07, 6.45) is 1.90. The maximum absolute atomic E-state index is 6.22. The van der Waals surface area contributed by atoms with E-state index in [9.17, 15) is 0 Å². The van der Waals surface area contributed by atoms with E-state index >= 15 is 0 Å². The molecule has 0 amide bonds. The second-order valence-electron chi connectivity index (χ2n) is 14.1. The summed E-state index contributed by atoms with van der Waals surface area (Å²) in [5, 5.41) is 7.20. The van der Waals surface area contributed by atoms with Crippen molar-refractivity contribution in [1.82, 2.24) is 14.1 Å². The molecule has 0 saturated heterocycles. The van der Waals surface area contributed by atoms with Gasteiger partial charge < -0.3 is 13.6 Å². The Morgan fingerprint density at radius 1 is 0.453 bits per heavy atom. The molecule has 250 valence electrons. The van der Waals surface area contributed by atoms with Crippen LogP contribution < -0.4 is 0 Å². The van der Waals surface area contributed by atoms with E-state index in [-0.39, 0.29) is 0 Å². The minimum atomic E-state index is 0.893. The van der Waals surface area contributed by atoms with Gasteiger partial charge in [-0.15, -0.1) is 0 Å². The number of aromatic nitrogens is 3. The van der Waals surface area contributed by atoms with Crippen molar-refractivity contribution >= 4 is 65.6 Å². The van der Waals surface area contributed by atoms with E-state index in [2.05, 4.69) is 163 Å². The summed E-state index contributed by atoms with van der Waals surface area (Å²) in [5.41, 5.74) is 15.5. The molecule has 0 spiro atoms. The second-order valence-corrected chi connectivity index (χ2v) is 14.1. The highest BCUT2D eigenvalue weighted by molar-refractivity contribution is 6.12. The molecule has 4 heteroatoms. The number of para-hydroxylation sites is 4. The molecule has 4 heterocycles. The Morgan fingerprint density at radius 2 is 1.08 bits per heavy atom. The molecule has 0 radical (unpaired) electrons. The van der Waals surface area contributed by atoms with E-state index in [0.29, 0.717) is 0 Å². The third-order valence-corrected chi connectivity index (χ3v) is 11.1. The fraction of sp³-hybridized carbons (Fsp3) is 0.0408. The smallest absolute Gasteiger partial charge is 0.135 e. The van der Waals surface area contributed by atoms with Gasteiger partial charge in [0.2, 0.25) is 0 Å². The molecule has 7 aromatic carbocycles. The van der Waals surface area contributed by atoms with E-state index in [4.69, 9.17) is 9.40 Å². The van der Waals surface area contributed by atoms with Crippen LogP contribution in [-0.2, 0) is 0 Å². The number of aryl methyl sites for hydroxylation is 1. The van der Waals surface area contributed by atoms with Crippen LogP contribution in [0.1, 0.15) is 11.1 Å². The fourth-order valence-corrected chi connectivity index (χ4v) is 8.58. The molecule has 0 aliphatic heterocycles. The highest BCUT2D eigenvalue weighted by atomic mass is 16.3. The monoisotopic (exact) mass is 679 g/mol. The molecule has 11 aromatic rings. The van der Waals surface area contributed by atoms with E-state index < -0.39 is 0 Å². The van der Waals surface area contributed by atoms with Crippen molar-refractivity contribution < 1.29 is 4.42 Å². The van der Waals surface area contributed by atoms with Crippen molar-refractivity contribution in [2.24, 2.45) is 0 Å². The van der Waals surface area contributed by atoms with Gasteiger partial charge in [0.05, 0.1) is 33.4 Å². The molecule has 11 rings (SSSR count). The predicted octanol–water partition coefficient (Wildman–Crippen LogP) is 13.1. The molecule has 0 aliphatic carbocycles. The number of nitrogens with zero attached hydrogens (tertiary/aromatic N) is 3. The van der Waals surface area contributed by atoms with E-state index in [1.54, 1.807) is 0 Å². The zero-order chi connectivity index (χ0) is 35.2. The van der Waals surface area contributed by atoms with Crippen LogP contribution in [0.2, 0.25) is 0 Å². The van der Waals surface area contributed by atoms with Gasteiger partial charge in [-0.05, 0) is 109 Å². The number of benzene rings is 7. The Kier molecular flexibility index (Phi) is 6.35. The maximum Gasteiger partial charge on any atom is 0.135 e. The molecular formula is C49H33N3O. The topological polar surface area (TPSA) is 35.9 Å². The van der Waals surface area contributed by atoms with E-state index in [0.717, 1.165) is 66.8 Å². The highest BCUT2D eigenvalue weighted by Gasteiger charge is 2.21. The lowest BCUT2D eigenvalue weighted by atomic mass is 9.93. The Morgan fingerprint density at radius 3 is 1.81 bits per heavy atom. The number of hydrogen-bond donors (Lipinski definition) is 0. The SMILES string of the molecule is Cc1cccnc1-c1cc(-c2ccc3oc4ccccc4c3c2)cc(-n2c3ccccc3c3cc(-n4c5ccccc5c5ccccc54)ccc32)c1C. The van der Waals surface area contributed by atoms with Crippen molar-refractivity contribution in [3.8, 4) is 33.8 Å². The normalized spacial score (nSPS) is 12.0. The molecule has 0 unspecified atom stereocenters. The van der Waals surface area contributed by atoms with Crippen LogP contribution in [0.25, 0.3) is 99.3 Å². The van der Waals surface area contributed by atoms with E-state index in [1.165, 1.54) is 43.7 Å². The summed E-state index contributed by atoms with van der Waals surface area (Å²) in [4.78, 5) is 4.94. The lowest BCUT2D eigenvalue weighted by Crippen LogP contribution is -2.01. The van der Waals surface area contributed by atoms with Gasteiger partial charge in [0.25, 0.3) is 0 Å². The van der Waals surface area contributed by atoms with E-state index in [1.807, 2.05) is 24.4 Å². The van der Waals surface area contributed by atoms with Gasteiger partial charge in [-0.1, -0.05) is 84.9 Å². The summed E-state index contributed by atoms with van der Waals surface area (Å²) in [6.45, 7) is 4.39. The first-order valence-corrected chi connectivity index (χ1v) is 18.1. The third-order valence-electron chi connectivity index (χ3n) is 11.1. The molecule has 4 nitrogen and oxygen atoms in total. The maximum atomic E-state index is 6.22. The van der Waals surface area contributed by atoms with Crippen LogP contribution in [0.15, 0.2) is 168 Å². The summed E-state index contributed by atoms with van der Waals surface area (Å²) in [5.74, 6) is 0. The summed E-state index contributed by atoms with van der Waals surface area (Å²) in [6, 6.07) is 56.8. The van der Waals surface area contributed by atoms with Gasteiger partial charge in [-0.3, -0.25) is 4.98 Å². The third kappa shape index (κ3) is 4.39. The molecule has 0 N–H and O–H groups in total. The molecule has 53 heavy (non-hydrogen) atoms. The number of rotatable bonds is 4. The number of furan rings is 1.